The van der Waals surface area contributed by atoms with E-state index in [-0.39, 0.29) is 5.65 Å². The molecule has 0 saturated carbocycles. The molecule has 0 fully saturated rings. The molecule has 0 amide bonds. The number of fused-ring (bicyclic) bond motifs is 3. The molecular formula is C13H7N7O2. The van der Waals surface area contributed by atoms with E-state index in [4.69, 9.17) is 0 Å². The van der Waals surface area contributed by atoms with Crippen LogP contribution in [0.25, 0.3) is 22.4 Å². The number of rotatable bonds is 1. The van der Waals surface area contributed by atoms with Crippen LogP contribution in [0.5, 0.6) is 0 Å². The molecule has 2 N–H and O–H groups in total. The third-order valence-corrected chi connectivity index (χ3v) is 3.38. The first-order valence-corrected chi connectivity index (χ1v) is 6.24. The number of nitrogens with one attached hydrogen (secondary N) is 2. The SMILES string of the molecule is N#Cc1cc2[nH]c(=O)c3n[nH]c(=O)n3c2cc1-n1ccnc1. The van der Waals surface area contributed by atoms with Gasteiger partial charge in [0, 0.05) is 12.4 Å². The number of aromatic nitrogens is 6. The van der Waals surface area contributed by atoms with Gasteiger partial charge in [0.2, 0.25) is 5.65 Å². The third kappa shape index (κ3) is 1.52. The van der Waals surface area contributed by atoms with E-state index < -0.39 is 11.2 Å². The van der Waals surface area contributed by atoms with E-state index >= 15 is 0 Å². The summed E-state index contributed by atoms with van der Waals surface area (Å²) in [5.74, 6) is 0. The minimum atomic E-state index is -0.521. The van der Waals surface area contributed by atoms with Crippen molar-refractivity contribution in [3.05, 3.63) is 57.3 Å². The van der Waals surface area contributed by atoms with Gasteiger partial charge in [-0.2, -0.15) is 5.26 Å². The van der Waals surface area contributed by atoms with Gasteiger partial charge in [-0.3, -0.25) is 4.79 Å². The van der Waals surface area contributed by atoms with Crippen molar-refractivity contribution >= 4 is 16.7 Å². The zero-order valence-electron chi connectivity index (χ0n) is 10.9. The van der Waals surface area contributed by atoms with Gasteiger partial charge in [0.1, 0.15) is 6.07 Å². The molecule has 0 aliphatic carbocycles. The van der Waals surface area contributed by atoms with E-state index in [1.807, 2.05) is 0 Å². The normalized spacial score (nSPS) is 11.0. The summed E-state index contributed by atoms with van der Waals surface area (Å²) >= 11 is 0. The van der Waals surface area contributed by atoms with E-state index in [2.05, 4.69) is 26.2 Å². The number of hydrogen-bond acceptors (Lipinski definition) is 5. The van der Waals surface area contributed by atoms with Crippen LogP contribution < -0.4 is 11.2 Å². The van der Waals surface area contributed by atoms with Crippen molar-refractivity contribution < 1.29 is 0 Å². The molecule has 9 heteroatoms. The Balaban J connectivity index is 2.24. The molecule has 0 aliphatic rings. The van der Waals surface area contributed by atoms with E-state index in [1.54, 1.807) is 29.4 Å². The Morgan fingerprint density at radius 3 is 2.86 bits per heavy atom. The number of imidazole rings is 1. The molecule has 0 bridgehead atoms. The largest absolute Gasteiger partial charge is 0.348 e. The summed E-state index contributed by atoms with van der Waals surface area (Å²) in [7, 11) is 0. The molecule has 3 aromatic heterocycles. The molecular weight excluding hydrogens is 286 g/mol. The highest BCUT2D eigenvalue weighted by Gasteiger charge is 2.13. The lowest BCUT2D eigenvalue weighted by molar-refractivity contribution is 1.03. The molecule has 0 atom stereocenters. The molecule has 3 heterocycles. The Hall–Kier alpha value is -3.67. The summed E-state index contributed by atoms with van der Waals surface area (Å²) < 4.78 is 2.83. The minimum Gasteiger partial charge on any atom is -0.317 e. The smallest absolute Gasteiger partial charge is 0.317 e. The fourth-order valence-corrected chi connectivity index (χ4v) is 2.42. The van der Waals surface area contributed by atoms with Crippen LogP contribution in [-0.4, -0.2) is 29.1 Å². The van der Waals surface area contributed by atoms with E-state index in [0.717, 1.165) is 0 Å². The van der Waals surface area contributed by atoms with Crippen LogP contribution >= 0.6 is 0 Å². The van der Waals surface area contributed by atoms with Gasteiger partial charge in [0.25, 0.3) is 5.56 Å². The molecule has 22 heavy (non-hydrogen) atoms. The second-order valence-corrected chi connectivity index (χ2v) is 4.61. The van der Waals surface area contributed by atoms with E-state index in [9.17, 15) is 14.9 Å². The van der Waals surface area contributed by atoms with Gasteiger partial charge in [-0.05, 0) is 12.1 Å². The lowest BCUT2D eigenvalue weighted by atomic mass is 10.1. The van der Waals surface area contributed by atoms with E-state index in [1.165, 1.54) is 10.5 Å². The van der Waals surface area contributed by atoms with Crippen LogP contribution in [0.1, 0.15) is 5.56 Å². The quantitative estimate of drug-likeness (QED) is 0.508. The lowest BCUT2D eigenvalue weighted by Gasteiger charge is -2.08. The molecule has 4 aromatic rings. The number of nitrogens with zero attached hydrogens (tertiary/aromatic N) is 5. The summed E-state index contributed by atoms with van der Waals surface area (Å²) in [6.07, 6.45) is 4.81. The van der Waals surface area contributed by atoms with Gasteiger partial charge in [0.15, 0.2) is 0 Å². The zero-order valence-corrected chi connectivity index (χ0v) is 10.9. The monoisotopic (exact) mass is 293 g/mol. The van der Waals surface area contributed by atoms with Crippen LogP contribution in [0, 0.1) is 11.3 Å². The molecule has 0 radical (unpaired) electrons. The molecule has 1 aromatic carbocycles. The Kier molecular flexibility index (Phi) is 2.29. The molecule has 0 saturated heterocycles. The summed E-state index contributed by atoms with van der Waals surface area (Å²) in [5, 5.41) is 15.3. The van der Waals surface area contributed by atoms with E-state index in [0.29, 0.717) is 22.3 Å². The van der Waals surface area contributed by atoms with Gasteiger partial charge < -0.3 is 9.55 Å². The van der Waals surface area contributed by atoms with Crippen LogP contribution in [0.15, 0.2) is 40.4 Å². The second kappa shape index (κ2) is 4.16. The van der Waals surface area contributed by atoms with Crippen molar-refractivity contribution in [3.8, 4) is 11.8 Å². The Morgan fingerprint density at radius 2 is 2.14 bits per heavy atom. The molecule has 4 rings (SSSR count). The van der Waals surface area contributed by atoms with Crippen molar-refractivity contribution in [2.45, 2.75) is 0 Å². The van der Waals surface area contributed by atoms with Gasteiger partial charge in [-0.15, -0.1) is 5.10 Å². The average molecular weight is 293 g/mol. The standard InChI is InChI=1S/C13H7N7O2/c14-5-7-3-8-10(4-9(7)19-2-1-15-6-19)20-11(12(21)16-8)17-18-13(20)22/h1-4,6H,(H,16,21)(H,18,22). The first-order chi connectivity index (χ1) is 10.7. The maximum absolute atomic E-state index is 11.9. The number of benzene rings is 1. The van der Waals surface area contributed by atoms with Crippen LogP contribution in [0.3, 0.4) is 0 Å². The predicted molar refractivity (Wildman–Crippen MR) is 75.8 cm³/mol. The summed E-state index contributed by atoms with van der Waals surface area (Å²) in [5.41, 5.74) is 0.653. The molecule has 0 aliphatic heterocycles. The fourth-order valence-electron chi connectivity index (χ4n) is 2.42. The van der Waals surface area contributed by atoms with Crippen molar-refractivity contribution in [2.24, 2.45) is 0 Å². The second-order valence-electron chi connectivity index (χ2n) is 4.61. The van der Waals surface area contributed by atoms with Crippen molar-refractivity contribution in [1.29, 1.82) is 5.26 Å². The van der Waals surface area contributed by atoms with Gasteiger partial charge in [-0.1, -0.05) is 0 Å². The van der Waals surface area contributed by atoms with Crippen molar-refractivity contribution in [1.82, 2.24) is 29.1 Å². The zero-order chi connectivity index (χ0) is 15.3. The van der Waals surface area contributed by atoms with Gasteiger partial charge >= 0.3 is 5.69 Å². The Bertz CT molecular complexity index is 1170. The Morgan fingerprint density at radius 1 is 1.27 bits per heavy atom. The molecule has 106 valence electrons. The van der Waals surface area contributed by atoms with Crippen molar-refractivity contribution in [3.63, 3.8) is 0 Å². The number of aromatic amines is 2. The average Bonchev–Trinajstić information content (AvgIpc) is 3.16. The highest BCUT2D eigenvalue weighted by atomic mass is 16.2. The number of nitriles is 1. The molecule has 9 nitrogen and oxygen atoms in total. The van der Waals surface area contributed by atoms with Gasteiger partial charge in [-0.25, -0.2) is 19.3 Å². The number of hydrogen-bond donors (Lipinski definition) is 2. The van der Waals surface area contributed by atoms with Crippen LogP contribution in [-0.2, 0) is 0 Å². The van der Waals surface area contributed by atoms with Gasteiger partial charge in [0.05, 0.1) is 28.6 Å². The maximum Gasteiger partial charge on any atom is 0.348 e. The third-order valence-electron chi connectivity index (χ3n) is 3.38. The number of H-pyrrole nitrogens is 2. The molecule has 0 unspecified atom stereocenters. The highest BCUT2D eigenvalue weighted by Crippen LogP contribution is 2.20. The Labute approximate surface area is 121 Å². The first kappa shape index (κ1) is 12.1. The van der Waals surface area contributed by atoms with Crippen LogP contribution in [0.2, 0.25) is 0 Å². The fraction of sp³-hybridized carbons (Fsp3) is 0. The van der Waals surface area contributed by atoms with Crippen molar-refractivity contribution in [2.75, 3.05) is 0 Å². The minimum absolute atomic E-state index is 0.0289. The molecule has 0 spiro atoms. The summed E-state index contributed by atoms with van der Waals surface area (Å²) in [6, 6.07) is 5.22. The highest BCUT2D eigenvalue weighted by molar-refractivity contribution is 5.82. The first-order valence-electron chi connectivity index (χ1n) is 6.24. The topological polar surface area (TPSA) is 125 Å². The summed E-state index contributed by atoms with van der Waals surface area (Å²) in [4.78, 5) is 30.4. The predicted octanol–water partition coefficient (Wildman–Crippen LogP) is -0.0785. The lowest BCUT2D eigenvalue weighted by Crippen LogP contribution is -2.17. The summed E-state index contributed by atoms with van der Waals surface area (Å²) in [6.45, 7) is 0. The van der Waals surface area contributed by atoms with Crippen LogP contribution in [0.4, 0.5) is 0 Å². The maximum atomic E-state index is 11.9.